The fourth-order valence-electron chi connectivity index (χ4n) is 0.365. The molecule has 0 saturated heterocycles. The molecule has 0 heterocycles. The van der Waals surface area contributed by atoms with Gasteiger partial charge in [-0.05, 0) is 7.05 Å². The third-order valence-corrected chi connectivity index (χ3v) is 1.31. The second kappa shape index (κ2) is 8.27. The van der Waals surface area contributed by atoms with Crippen molar-refractivity contribution < 1.29 is 17.8 Å². The maximum atomic E-state index is 5.46. The largest absolute Gasteiger partial charge is 1.00 e. The first-order valence-electron chi connectivity index (χ1n) is 2.67. The normalized spacial score (nSPS) is 8.22. The molecule has 0 unspecified atom stereocenters. The second-order valence-corrected chi connectivity index (χ2v) is 1.99. The molecule has 3 N–H and O–H groups in total. The Morgan fingerprint density at radius 2 is 2.22 bits per heavy atom. The Bertz CT molecular complexity index is 77.4. The Kier molecular flexibility index (Phi) is 11.0. The lowest BCUT2D eigenvalue weighted by molar-refractivity contribution is -0.116. The van der Waals surface area contributed by atoms with Gasteiger partial charge in [0, 0.05) is 13.0 Å². The van der Waals surface area contributed by atoms with E-state index in [4.69, 9.17) is 5.41 Å². The van der Waals surface area contributed by atoms with Gasteiger partial charge in [-0.15, -0.1) is 0 Å². The molecule has 0 bridgehead atoms. The molecule has 2 nitrogen and oxygen atoms in total. The van der Waals surface area contributed by atoms with Crippen LogP contribution in [0.1, 0.15) is 6.42 Å². The number of nitrogens with two attached hydrogens (primary N) is 1. The summed E-state index contributed by atoms with van der Waals surface area (Å²) in [7, 11) is 1.91. The monoisotopic (exact) mass is 168 g/mol. The quantitative estimate of drug-likeness (QED) is 0.289. The molecular formula is C5H13ClN2S. The molecule has 4 heteroatoms. The highest BCUT2D eigenvalue weighted by Crippen LogP contribution is 1.79. The van der Waals surface area contributed by atoms with E-state index >= 15 is 0 Å². The maximum Gasteiger partial charge on any atom is 0.160 e. The van der Waals surface area contributed by atoms with Crippen LogP contribution in [0.2, 0.25) is 0 Å². The summed E-state index contributed by atoms with van der Waals surface area (Å²) in [5.74, 6) is 0.696. The van der Waals surface area contributed by atoms with Gasteiger partial charge in [0.2, 0.25) is 0 Å². The van der Waals surface area contributed by atoms with Crippen LogP contribution in [0, 0.1) is 0 Å². The van der Waals surface area contributed by atoms with Crippen LogP contribution in [-0.4, -0.2) is 25.1 Å². The molecule has 0 aliphatic rings. The third kappa shape index (κ3) is 8.27. The molecule has 9 heavy (non-hydrogen) atoms. The van der Waals surface area contributed by atoms with E-state index < -0.39 is 0 Å². The summed E-state index contributed by atoms with van der Waals surface area (Å²) < 4.78 is 0. The van der Waals surface area contributed by atoms with Crippen LogP contribution < -0.4 is 23.1 Å². The van der Waals surface area contributed by atoms with Crippen molar-refractivity contribution in [1.82, 2.24) is 5.32 Å². The van der Waals surface area contributed by atoms with Crippen molar-refractivity contribution in [3.63, 3.8) is 0 Å². The molecule has 0 rings (SSSR count). The van der Waals surface area contributed by atoms with Gasteiger partial charge in [-0.3, -0.25) is 5.41 Å². The van der Waals surface area contributed by atoms with Gasteiger partial charge in [-0.1, -0.05) is 0 Å². The van der Waals surface area contributed by atoms with Gasteiger partial charge < -0.3 is 17.7 Å². The predicted octanol–water partition coefficient (Wildman–Crippen LogP) is -4.27. The lowest BCUT2D eigenvalue weighted by atomic mass is 10.3. The molecule has 56 valence electrons. The van der Waals surface area contributed by atoms with E-state index in [0.717, 1.165) is 18.7 Å². The predicted molar refractivity (Wildman–Crippen MR) is 39.3 cm³/mol. The molecule has 0 aromatic rings. The minimum absolute atomic E-state index is 0. The number of hydrogen-bond donors (Lipinski definition) is 3. The molecule has 0 atom stereocenters. The molecule has 0 radical (unpaired) electrons. The van der Waals surface area contributed by atoms with Crippen molar-refractivity contribution in [2.45, 2.75) is 6.42 Å². The lowest BCUT2D eigenvalue weighted by Crippen LogP contribution is -3.00. The van der Waals surface area contributed by atoms with Gasteiger partial charge in [0.05, 0.1) is 5.75 Å². The highest BCUT2D eigenvalue weighted by atomic mass is 35.5. The molecule has 0 fully saturated rings. The number of hydrogen-bond acceptors (Lipinski definition) is 2. The van der Waals surface area contributed by atoms with Crippen LogP contribution in [-0.2, 0) is 0 Å². The minimum atomic E-state index is 0. The van der Waals surface area contributed by atoms with E-state index in [1.54, 1.807) is 0 Å². The van der Waals surface area contributed by atoms with Crippen LogP contribution in [0.5, 0.6) is 0 Å². The number of halogens is 1. The van der Waals surface area contributed by atoms with E-state index in [1.165, 1.54) is 0 Å². The van der Waals surface area contributed by atoms with Gasteiger partial charge in [0.1, 0.15) is 0 Å². The Labute approximate surface area is 67.7 Å². The van der Waals surface area contributed by atoms with Gasteiger partial charge in [-0.2, -0.15) is 12.6 Å². The summed E-state index contributed by atoms with van der Waals surface area (Å²) >= 11 is 4.00. The highest BCUT2D eigenvalue weighted by Gasteiger charge is 1.95. The Morgan fingerprint density at radius 3 is 2.56 bits per heavy atom. The molecule has 0 amide bonds. The third-order valence-electron chi connectivity index (χ3n) is 0.899. The van der Waals surface area contributed by atoms with Crippen molar-refractivity contribution in [3.05, 3.63) is 0 Å². The molecule has 0 aliphatic carbocycles. The summed E-state index contributed by atoms with van der Waals surface area (Å²) in [5, 5.41) is 8.46. The van der Waals surface area contributed by atoms with E-state index in [-0.39, 0.29) is 12.4 Å². The average molecular weight is 169 g/mol. The number of nitrogens with one attached hydrogen (secondary N) is 1. The van der Waals surface area contributed by atoms with E-state index in [0.29, 0.717) is 5.75 Å². The lowest BCUT2D eigenvalue weighted by Gasteiger charge is -1.91. The Hall–Kier alpha value is 0.270. The number of thiol groups is 1. The van der Waals surface area contributed by atoms with Crippen molar-refractivity contribution in [3.8, 4) is 0 Å². The highest BCUT2D eigenvalue weighted by molar-refractivity contribution is 7.81. The maximum absolute atomic E-state index is 5.46. The second-order valence-electron chi connectivity index (χ2n) is 1.67. The average Bonchev–Trinajstić information content (AvgIpc) is 1.83. The van der Waals surface area contributed by atoms with Gasteiger partial charge in [0.25, 0.3) is 0 Å². The minimum Gasteiger partial charge on any atom is -1.00 e. The van der Waals surface area contributed by atoms with Gasteiger partial charge >= 0.3 is 0 Å². The Morgan fingerprint density at radius 1 is 1.67 bits per heavy atom. The fourth-order valence-corrected chi connectivity index (χ4v) is 0.523. The fraction of sp³-hybridized carbons (Fsp3) is 0.800. The van der Waals surface area contributed by atoms with Crippen molar-refractivity contribution in [2.24, 2.45) is 0 Å². The molecule has 0 aromatic heterocycles. The summed E-state index contributed by atoms with van der Waals surface area (Å²) in [6.45, 7) is 0.951. The zero-order valence-electron chi connectivity index (χ0n) is 5.52. The van der Waals surface area contributed by atoms with Crippen LogP contribution in [0.4, 0.5) is 0 Å². The SMILES string of the molecule is CNCCC(=[NH2+])CS.[Cl-]. The Balaban J connectivity index is 0. The molecule has 0 aliphatic heterocycles. The zero-order valence-corrected chi connectivity index (χ0v) is 7.17. The van der Waals surface area contributed by atoms with Gasteiger partial charge in [0.15, 0.2) is 5.71 Å². The van der Waals surface area contributed by atoms with E-state index in [2.05, 4.69) is 17.9 Å². The topological polar surface area (TPSA) is 37.6 Å². The molecular weight excluding hydrogens is 156 g/mol. The summed E-state index contributed by atoms with van der Waals surface area (Å²) in [6, 6.07) is 0. The first-order valence-corrected chi connectivity index (χ1v) is 3.30. The zero-order chi connectivity index (χ0) is 6.41. The summed E-state index contributed by atoms with van der Waals surface area (Å²) in [6.07, 6.45) is 0.931. The van der Waals surface area contributed by atoms with Crippen LogP contribution in [0.3, 0.4) is 0 Å². The van der Waals surface area contributed by atoms with Crippen molar-refractivity contribution in [1.29, 1.82) is 0 Å². The van der Waals surface area contributed by atoms with E-state index in [9.17, 15) is 0 Å². The van der Waals surface area contributed by atoms with Crippen molar-refractivity contribution >= 4 is 18.3 Å². The van der Waals surface area contributed by atoms with E-state index in [1.807, 2.05) is 7.05 Å². The number of rotatable bonds is 4. The first-order chi connectivity index (χ1) is 3.81. The van der Waals surface area contributed by atoms with Crippen LogP contribution in [0.25, 0.3) is 0 Å². The first kappa shape index (κ1) is 12.0. The molecule has 0 aromatic carbocycles. The summed E-state index contributed by atoms with van der Waals surface area (Å²) in [4.78, 5) is 0. The van der Waals surface area contributed by atoms with Gasteiger partial charge in [-0.25, -0.2) is 0 Å². The van der Waals surface area contributed by atoms with Crippen LogP contribution >= 0.6 is 12.6 Å². The standard InChI is InChI=1S/C5H12N2S.ClH/c1-7-3-2-5(6)4-8;/h6-8H,2-4H2,1H3;1H. The molecule has 0 saturated carbocycles. The molecule has 0 spiro atoms. The smallest absolute Gasteiger partial charge is 0.160 e. The summed E-state index contributed by atoms with van der Waals surface area (Å²) in [5.41, 5.74) is 0.947. The van der Waals surface area contributed by atoms with Crippen LogP contribution in [0.15, 0.2) is 0 Å². The van der Waals surface area contributed by atoms with Crippen molar-refractivity contribution in [2.75, 3.05) is 19.3 Å².